The second-order valence-corrected chi connectivity index (χ2v) is 7.97. The molecule has 1 saturated heterocycles. The summed E-state index contributed by atoms with van der Waals surface area (Å²) in [5.41, 5.74) is 2.51. The first-order valence-corrected chi connectivity index (χ1v) is 8.89. The molecule has 1 aromatic rings. The lowest BCUT2D eigenvalue weighted by Gasteiger charge is -2.37. The zero-order valence-corrected chi connectivity index (χ0v) is 12.1. The molecule has 1 N–H and O–H groups in total. The van der Waals surface area contributed by atoms with Crippen molar-refractivity contribution in [3.63, 3.8) is 0 Å². The third-order valence-electron chi connectivity index (χ3n) is 4.50. The van der Waals surface area contributed by atoms with Gasteiger partial charge >= 0.3 is 0 Å². The summed E-state index contributed by atoms with van der Waals surface area (Å²) in [4.78, 5) is 0. The Balaban J connectivity index is 2.06. The Morgan fingerprint density at radius 1 is 1.32 bits per heavy atom. The number of hydrogen-bond acceptors (Lipinski definition) is 3. The number of fused-ring (bicyclic) bond motifs is 3. The van der Waals surface area contributed by atoms with Crippen molar-refractivity contribution in [2.75, 3.05) is 5.75 Å². The van der Waals surface area contributed by atoms with Crippen molar-refractivity contribution in [2.24, 2.45) is 0 Å². The van der Waals surface area contributed by atoms with Gasteiger partial charge in [0.15, 0.2) is 9.84 Å². The molecule has 1 aliphatic carbocycles. The maximum absolute atomic E-state index is 12.5. The van der Waals surface area contributed by atoms with Crippen molar-refractivity contribution in [2.45, 2.75) is 49.9 Å². The molecule has 0 spiro atoms. The molecule has 104 valence electrons. The molecule has 1 fully saturated rings. The molecule has 0 radical (unpaired) electrons. The van der Waals surface area contributed by atoms with Crippen LogP contribution in [0.15, 0.2) is 24.3 Å². The normalized spacial score (nSPS) is 33.0. The lowest BCUT2D eigenvalue weighted by molar-refractivity contribution is 0.389. The first-order valence-electron chi connectivity index (χ1n) is 7.17. The van der Waals surface area contributed by atoms with E-state index in [0.717, 1.165) is 25.7 Å². The molecule has 19 heavy (non-hydrogen) atoms. The van der Waals surface area contributed by atoms with Crippen LogP contribution >= 0.6 is 0 Å². The molecular formula is C15H21NO2S. The second kappa shape index (κ2) is 4.91. The van der Waals surface area contributed by atoms with E-state index in [1.165, 1.54) is 11.1 Å². The van der Waals surface area contributed by atoms with Crippen molar-refractivity contribution in [1.29, 1.82) is 0 Å². The summed E-state index contributed by atoms with van der Waals surface area (Å²) in [6, 6.07) is 8.39. The molecule has 0 bridgehead atoms. The van der Waals surface area contributed by atoms with Crippen LogP contribution in [-0.4, -0.2) is 25.5 Å². The zero-order valence-electron chi connectivity index (χ0n) is 11.3. The molecule has 3 rings (SSSR count). The lowest BCUT2D eigenvalue weighted by atomic mass is 9.97. The molecule has 1 aliphatic heterocycles. The van der Waals surface area contributed by atoms with Gasteiger partial charge in [-0.2, -0.15) is 0 Å². The summed E-state index contributed by atoms with van der Waals surface area (Å²) in [7, 11) is -2.97. The topological polar surface area (TPSA) is 46.2 Å². The Hall–Kier alpha value is -0.870. The quantitative estimate of drug-likeness (QED) is 0.857. The van der Waals surface area contributed by atoms with E-state index in [4.69, 9.17) is 0 Å². The van der Waals surface area contributed by atoms with Crippen molar-refractivity contribution >= 4 is 9.84 Å². The third kappa shape index (κ3) is 2.32. The summed E-state index contributed by atoms with van der Waals surface area (Å²) >= 11 is 0. The molecule has 3 nitrogen and oxygen atoms in total. The largest absolute Gasteiger partial charge is 0.305 e. The minimum absolute atomic E-state index is 0.0117. The van der Waals surface area contributed by atoms with Gasteiger partial charge in [-0.3, -0.25) is 0 Å². The van der Waals surface area contributed by atoms with Gasteiger partial charge in [0.2, 0.25) is 0 Å². The highest BCUT2D eigenvalue weighted by Crippen LogP contribution is 2.36. The predicted molar refractivity (Wildman–Crippen MR) is 76.9 cm³/mol. The zero-order chi connectivity index (χ0) is 13.5. The van der Waals surface area contributed by atoms with E-state index < -0.39 is 9.84 Å². The van der Waals surface area contributed by atoms with Crippen LogP contribution in [0.3, 0.4) is 0 Å². The summed E-state index contributed by atoms with van der Waals surface area (Å²) in [5, 5.41) is 3.34. The van der Waals surface area contributed by atoms with Gasteiger partial charge in [-0.25, -0.2) is 8.42 Å². The maximum atomic E-state index is 12.5. The highest BCUT2D eigenvalue weighted by molar-refractivity contribution is 7.92. The van der Waals surface area contributed by atoms with Crippen LogP contribution in [0, 0.1) is 0 Å². The minimum atomic E-state index is -2.97. The van der Waals surface area contributed by atoms with Crippen LogP contribution in [0.4, 0.5) is 0 Å². The SMILES string of the molecule is CCC1CS(=O)(=O)C2CCCc3ccccc3C2N1. The van der Waals surface area contributed by atoms with Gasteiger partial charge < -0.3 is 5.32 Å². The Morgan fingerprint density at radius 3 is 2.89 bits per heavy atom. The van der Waals surface area contributed by atoms with Gasteiger partial charge in [-0.05, 0) is 36.8 Å². The van der Waals surface area contributed by atoms with Crippen LogP contribution in [0.5, 0.6) is 0 Å². The van der Waals surface area contributed by atoms with E-state index >= 15 is 0 Å². The van der Waals surface area contributed by atoms with Crippen LogP contribution in [0.25, 0.3) is 0 Å². The Labute approximate surface area is 115 Å². The standard InChI is InChI=1S/C15H21NO2S/c1-2-12-10-19(17,18)14-9-5-7-11-6-3-4-8-13(11)15(14)16-12/h3-4,6,8,12,14-16H,2,5,7,9-10H2,1H3. The molecular weight excluding hydrogens is 258 g/mol. The molecule has 3 atom stereocenters. The fraction of sp³-hybridized carbons (Fsp3) is 0.600. The molecule has 0 aromatic heterocycles. The van der Waals surface area contributed by atoms with E-state index in [1.807, 2.05) is 12.1 Å². The molecule has 2 aliphatic rings. The van der Waals surface area contributed by atoms with Gasteiger partial charge in [0.05, 0.1) is 11.0 Å². The number of rotatable bonds is 1. The van der Waals surface area contributed by atoms with Crippen molar-refractivity contribution in [1.82, 2.24) is 5.32 Å². The monoisotopic (exact) mass is 279 g/mol. The predicted octanol–water partition coefficient (Wildman–Crippen LogP) is 2.23. The van der Waals surface area contributed by atoms with Gasteiger partial charge in [-0.15, -0.1) is 0 Å². The number of benzene rings is 1. The highest BCUT2D eigenvalue weighted by Gasteiger charge is 2.42. The Kier molecular flexibility index (Phi) is 3.39. The van der Waals surface area contributed by atoms with E-state index in [1.54, 1.807) is 0 Å². The molecule has 3 unspecified atom stereocenters. The van der Waals surface area contributed by atoms with E-state index in [-0.39, 0.29) is 17.3 Å². The summed E-state index contributed by atoms with van der Waals surface area (Å²) < 4.78 is 25.0. The Bertz CT molecular complexity index is 567. The summed E-state index contributed by atoms with van der Waals surface area (Å²) in [6.45, 7) is 2.05. The Morgan fingerprint density at radius 2 is 2.11 bits per heavy atom. The average Bonchev–Trinajstić information content (AvgIpc) is 2.58. The number of hydrogen-bond donors (Lipinski definition) is 1. The van der Waals surface area contributed by atoms with Gasteiger partial charge in [0.1, 0.15) is 0 Å². The van der Waals surface area contributed by atoms with Crippen molar-refractivity contribution < 1.29 is 8.42 Å². The van der Waals surface area contributed by atoms with Crippen LogP contribution < -0.4 is 5.32 Å². The fourth-order valence-corrected chi connectivity index (χ4v) is 5.76. The van der Waals surface area contributed by atoms with Crippen molar-refractivity contribution in [3.05, 3.63) is 35.4 Å². The molecule has 0 amide bonds. The molecule has 1 aromatic carbocycles. The van der Waals surface area contributed by atoms with Gasteiger partial charge in [-0.1, -0.05) is 31.2 Å². The average molecular weight is 279 g/mol. The maximum Gasteiger partial charge on any atom is 0.156 e. The van der Waals surface area contributed by atoms with E-state index in [2.05, 4.69) is 24.4 Å². The first-order chi connectivity index (χ1) is 9.12. The first kappa shape index (κ1) is 13.1. The van der Waals surface area contributed by atoms with Crippen LogP contribution in [-0.2, 0) is 16.3 Å². The van der Waals surface area contributed by atoms with Gasteiger partial charge in [0, 0.05) is 12.1 Å². The molecule has 4 heteroatoms. The number of nitrogens with one attached hydrogen (secondary N) is 1. The van der Waals surface area contributed by atoms with Crippen LogP contribution in [0.2, 0.25) is 0 Å². The van der Waals surface area contributed by atoms with Crippen molar-refractivity contribution in [3.8, 4) is 0 Å². The van der Waals surface area contributed by atoms with Crippen LogP contribution in [0.1, 0.15) is 43.4 Å². The molecule has 0 saturated carbocycles. The summed E-state index contributed by atoms with van der Waals surface area (Å²) in [5.74, 6) is 0.298. The number of aryl methyl sites for hydroxylation is 1. The lowest BCUT2D eigenvalue weighted by Crippen LogP contribution is -2.52. The second-order valence-electron chi connectivity index (χ2n) is 5.71. The molecule has 1 heterocycles. The van der Waals surface area contributed by atoms with E-state index in [0.29, 0.717) is 5.75 Å². The third-order valence-corrected chi connectivity index (χ3v) is 6.80. The highest BCUT2D eigenvalue weighted by atomic mass is 32.2. The summed E-state index contributed by atoms with van der Waals surface area (Å²) in [6.07, 6.45) is 3.61. The minimum Gasteiger partial charge on any atom is -0.305 e. The number of sulfone groups is 1. The smallest absolute Gasteiger partial charge is 0.156 e. The van der Waals surface area contributed by atoms with E-state index in [9.17, 15) is 8.42 Å². The fourth-order valence-electron chi connectivity index (χ4n) is 3.45. The van der Waals surface area contributed by atoms with Gasteiger partial charge in [0.25, 0.3) is 0 Å².